The van der Waals surface area contributed by atoms with Gasteiger partial charge < -0.3 is 14.7 Å². The Morgan fingerprint density at radius 3 is 2.88 bits per heavy atom. The highest BCUT2D eigenvalue weighted by atomic mass is 16.5. The molecule has 96 valence electrons. The standard InChI is InChI=1S/C11H20N4O2/c12-14-13-4-7-15-5-2-11(3-6-15)9-10(16)1-8-17-11/h10,16H,1-9H2/t10-/m1/s1. The number of hydrogen-bond acceptors (Lipinski definition) is 4. The van der Waals surface area contributed by atoms with Gasteiger partial charge in [0, 0.05) is 44.1 Å². The second kappa shape index (κ2) is 5.69. The van der Waals surface area contributed by atoms with E-state index < -0.39 is 0 Å². The Bertz CT molecular complexity index is 296. The maximum Gasteiger partial charge on any atom is 0.0731 e. The van der Waals surface area contributed by atoms with Crippen LogP contribution >= 0.6 is 0 Å². The minimum Gasteiger partial charge on any atom is -0.393 e. The van der Waals surface area contributed by atoms with Crippen LogP contribution in [0.25, 0.3) is 10.4 Å². The number of aliphatic hydroxyl groups is 1. The minimum absolute atomic E-state index is 0.0906. The summed E-state index contributed by atoms with van der Waals surface area (Å²) in [5.41, 5.74) is 8.13. The van der Waals surface area contributed by atoms with Gasteiger partial charge in [-0.1, -0.05) is 5.11 Å². The lowest BCUT2D eigenvalue weighted by molar-refractivity contribution is -0.142. The van der Waals surface area contributed by atoms with Crippen molar-refractivity contribution in [2.75, 3.05) is 32.8 Å². The van der Waals surface area contributed by atoms with E-state index in [1.165, 1.54) is 0 Å². The zero-order chi connectivity index (χ0) is 12.1. The summed E-state index contributed by atoms with van der Waals surface area (Å²) in [6.07, 6.45) is 3.29. The van der Waals surface area contributed by atoms with Crippen molar-refractivity contribution in [3.63, 3.8) is 0 Å². The third-order valence-corrected chi connectivity index (χ3v) is 3.81. The Labute approximate surface area is 101 Å². The van der Waals surface area contributed by atoms with Crippen LogP contribution < -0.4 is 0 Å². The van der Waals surface area contributed by atoms with Crippen LogP contribution in [0, 0.1) is 0 Å². The fraction of sp³-hybridized carbons (Fsp3) is 1.00. The Hall–Kier alpha value is -0.810. The topological polar surface area (TPSA) is 81.5 Å². The lowest BCUT2D eigenvalue weighted by Crippen LogP contribution is -2.50. The van der Waals surface area contributed by atoms with Crippen molar-refractivity contribution in [1.29, 1.82) is 0 Å². The molecule has 2 heterocycles. The monoisotopic (exact) mass is 240 g/mol. The summed E-state index contributed by atoms with van der Waals surface area (Å²) in [4.78, 5) is 5.05. The smallest absolute Gasteiger partial charge is 0.0731 e. The van der Waals surface area contributed by atoms with Crippen LogP contribution in [0.3, 0.4) is 0 Å². The summed E-state index contributed by atoms with van der Waals surface area (Å²) in [5, 5.41) is 13.3. The van der Waals surface area contributed by atoms with E-state index in [2.05, 4.69) is 14.9 Å². The fourth-order valence-corrected chi connectivity index (χ4v) is 2.77. The summed E-state index contributed by atoms with van der Waals surface area (Å²) in [5.74, 6) is 0. The van der Waals surface area contributed by atoms with Gasteiger partial charge in [-0.15, -0.1) is 0 Å². The lowest BCUT2D eigenvalue weighted by Gasteiger charge is -2.45. The van der Waals surface area contributed by atoms with Crippen LogP contribution in [0.5, 0.6) is 0 Å². The molecule has 17 heavy (non-hydrogen) atoms. The molecule has 2 aliphatic rings. The molecule has 2 saturated heterocycles. The lowest BCUT2D eigenvalue weighted by atomic mass is 9.83. The highest BCUT2D eigenvalue weighted by molar-refractivity contribution is 4.92. The molecule has 0 saturated carbocycles. The van der Waals surface area contributed by atoms with Crippen molar-refractivity contribution in [1.82, 2.24) is 4.90 Å². The van der Waals surface area contributed by atoms with Gasteiger partial charge in [0.2, 0.25) is 0 Å². The summed E-state index contributed by atoms with van der Waals surface area (Å²) < 4.78 is 5.88. The molecule has 2 fully saturated rings. The Balaban J connectivity index is 1.78. The Morgan fingerprint density at radius 2 is 2.24 bits per heavy atom. The molecule has 0 unspecified atom stereocenters. The molecule has 1 atom stereocenters. The first-order valence-electron chi connectivity index (χ1n) is 6.29. The van der Waals surface area contributed by atoms with Crippen molar-refractivity contribution in [3.8, 4) is 0 Å². The van der Waals surface area contributed by atoms with E-state index in [-0.39, 0.29) is 11.7 Å². The second-order valence-corrected chi connectivity index (χ2v) is 4.97. The van der Waals surface area contributed by atoms with Gasteiger partial charge in [0.25, 0.3) is 0 Å². The van der Waals surface area contributed by atoms with E-state index >= 15 is 0 Å². The molecule has 0 aromatic carbocycles. The molecular weight excluding hydrogens is 220 g/mol. The highest BCUT2D eigenvalue weighted by Crippen LogP contribution is 2.34. The molecule has 0 radical (unpaired) electrons. The average Bonchev–Trinajstić information content (AvgIpc) is 2.32. The zero-order valence-corrected chi connectivity index (χ0v) is 10.1. The molecular formula is C11H20N4O2. The third-order valence-electron chi connectivity index (χ3n) is 3.81. The van der Waals surface area contributed by atoms with Gasteiger partial charge in [-0.05, 0) is 24.8 Å². The normalized spacial score (nSPS) is 28.9. The molecule has 6 heteroatoms. The number of ether oxygens (including phenoxy) is 1. The molecule has 2 rings (SSSR count). The summed E-state index contributed by atoms with van der Waals surface area (Å²) in [7, 11) is 0. The number of nitrogens with zero attached hydrogens (tertiary/aromatic N) is 4. The van der Waals surface area contributed by atoms with Crippen LogP contribution in [0.15, 0.2) is 5.11 Å². The van der Waals surface area contributed by atoms with Crippen LogP contribution in [0.1, 0.15) is 25.7 Å². The third kappa shape index (κ3) is 3.33. The van der Waals surface area contributed by atoms with Gasteiger partial charge in [-0.3, -0.25) is 0 Å². The van der Waals surface area contributed by atoms with Crippen molar-refractivity contribution in [2.24, 2.45) is 5.11 Å². The van der Waals surface area contributed by atoms with Crippen LogP contribution in [0.2, 0.25) is 0 Å². The number of rotatable bonds is 3. The van der Waals surface area contributed by atoms with Crippen LogP contribution in [0.4, 0.5) is 0 Å². The Kier molecular flexibility index (Phi) is 4.23. The maximum atomic E-state index is 9.72. The summed E-state index contributed by atoms with van der Waals surface area (Å²) >= 11 is 0. The quantitative estimate of drug-likeness (QED) is 0.458. The molecule has 6 nitrogen and oxygen atoms in total. The van der Waals surface area contributed by atoms with Gasteiger partial charge in [0.15, 0.2) is 0 Å². The fourth-order valence-electron chi connectivity index (χ4n) is 2.77. The molecule has 2 aliphatic heterocycles. The molecule has 1 N–H and O–H groups in total. The second-order valence-electron chi connectivity index (χ2n) is 4.97. The first-order valence-corrected chi connectivity index (χ1v) is 6.29. The van der Waals surface area contributed by atoms with Crippen LogP contribution in [-0.2, 0) is 4.74 Å². The van der Waals surface area contributed by atoms with E-state index in [1.54, 1.807) is 0 Å². The molecule has 1 spiro atoms. The first-order chi connectivity index (χ1) is 8.24. The largest absolute Gasteiger partial charge is 0.393 e. The van der Waals surface area contributed by atoms with Crippen LogP contribution in [-0.4, -0.2) is 54.5 Å². The van der Waals surface area contributed by atoms with Gasteiger partial charge in [-0.25, -0.2) is 0 Å². The van der Waals surface area contributed by atoms with E-state index in [9.17, 15) is 5.11 Å². The molecule has 0 aromatic heterocycles. The van der Waals surface area contributed by atoms with Crippen molar-refractivity contribution < 1.29 is 9.84 Å². The predicted octanol–water partition coefficient (Wildman–Crippen LogP) is 1.30. The van der Waals surface area contributed by atoms with Crippen molar-refractivity contribution in [2.45, 2.75) is 37.4 Å². The van der Waals surface area contributed by atoms with E-state index in [0.717, 1.165) is 45.3 Å². The van der Waals surface area contributed by atoms with Gasteiger partial charge in [-0.2, -0.15) is 0 Å². The zero-order valence-electron chi connectivity index (χ0n) is 10.1. The van der Waals surface area contributed by atoms with Gasteiger partial charge in [0.1, 0.15) is 0 Å². The van der Waals surface area contributed by atoms with E-state index in [4.69, 9.17) is 10.3 Å². The number of azide groups is 1. The number of hydrogen-bond donors (Lipinski definition) is 1. The first kappa shape index (κ1) is 12.6. The van der Waals surface area contributed by atoms with E-state index in [0.29, 0.717) is 13.2 Å². The summed E-state index contributed by atoms with van der Waals surface area (Å²) in [6, 6.07) is 0. The van der Waals surface area contributed by atoms with E-state index in [1.807, 2.05) is 0 Å². The SMILES string of the molecule is [N-]=[N+]=NCCN1CCC2(CC1)C[C@H](O)CCO2. The maximum absolute atomic E-state index is 9.72. The molecule has 0 aliphatic carbocycles. The average molecular weight is 240 g/mol. The number of likely N-dealkylation sites (tertiary alicyclic amines) is 1. The van der Waals surface area contributed by atoms with Gasteiger partial charge in [0.05, 0.1) is 11.7 Å². The predicted molar refractivity (Wildman–Crippen MR) is 63.6 cm³/mol. The van der Waals surface area contributed by atoms with Crippen molar-refractivity contribution >= 4 is 0 Å². The highest BCUT2D eigenvalue weighted by Gasteiger charge is 2.39. The molecule has 0 bridgehead atoms. The number of piperidine rings is 1. The van der Waals surface area contributed by atoms with Gasteiger partial charge >= 0.3 is 0 Å². The molecule has 0 aromatic rings. The Morgan fingerprint density at radius 1 is 1.47 bits per heavy atom. The summed E-state index contributed by atoms with van der Waals surface area (Å²) in [6.45, 7) is 3.97. The molecule has 0 amide bonds. The van der Waals surface area contributed by atoms with Crippen molar-refractivity contribution in [3.05, 3.63) is 10.4 Å². The number of aliphatic hydroxyl groups excluding tert-OH is 1. The minimum atomic E-state index is -0.196.